The first-order valence-electron chi connectivity index (χ1n) is 11.7. The summed E-state index contributed by atoms with van der Waals surface area (Å²) in [4.78, 5) is 14.7. The smallest absolute Gasteiger partial charge is 0.244 e. The predicted octanol–water partition coefficient (Wildman–Crippen LogP) is 4.97. The maximum absolute atomic E-state index is 13.7. The van der Waals surface area contributed by atoms with Gasteiger partial charge >= 0.3 is 0 Å². The fourth-order valence-electron chi connectivity index (χ4n) is 4.88. The van der Waals surface area contributed by atoms with Gasteiger partial charge in [-0.15, -0.1) is 0 Å². The number of rotatable bonds is 6. The monoisotopic (exact) mass is 449 g/mol. The molecule has 0 aromatic heterocycles. The molecule has 0 bridgehead atoms. The van der Waals surface area contributed by atoms with E-state index in [0.717, 1.165) is 69.8 Å². The normalized spacial score (nSPS) is 20.9. The van der Waals surface area contributed by atoms with Gasteiger partial charge in [0.15, 0.2) is 0 Å². The molecule has 4 rings (SSSR count). The zero-order chi connectivity index (χ0) is 23.2. The Bertz CT molecular complexity index is 1070. The van der Waals surface area contributed by atoms with Gasteiger partial charge in [0.1, 0.15) is 11.6 Å². The molecule has 1 aliphatic heterocycles. The van der Waals surface area contributed by atoms with Crippen molar-refractivity contribution in [3.8, 4) is 6.07 Å². The van der Waals surface area contributed by atoms with Crippen LogP contribution in [0.2, 0.25) is 0 Å². The van der Waals surface area contributed by atoms with Gasteiger partial charge in [-0.2, -0.15) is 5.26 Å². The third-order valence-corrected chi connectivity index (χ3v) is 6.85. The van der Waals surface area contributed by atoms with Crippen LogP contribution < -0.4 is 5.32 Å². The largest absolute Gasteiger partial charge is 0.350 e. The Balaban J connectivity index is 1.17. The van der Waals surface area contributed by atoms with Crippen molar-refractivity contribution >= 4 is 12.0 Å². The molecule has 0 saturated heterocycles. The van der Waals surface area contributed by atoms with E-state index < -0.39 is 11.6 Å². The van der Waals surface area contributed by atoms with Crippen molar-refractivity contribution in [2.24, 2.45) is 5.92 Å². The molecule has 4 nitrogen and oxygen atoms in total. The van der Waals surface area contributed by atoms with Gasteiger partial charge in [-0.25, -0.2) is 8.78 Å². The van der Waals surface area contributed by atoms with Gasteiger partial charge in [0.05, 0.1) is 11.6 Å². The van der Waals surface area contributed by atoms with Crippen LogP contribution in [-0.4, -0.2) is 29.9 Å². The highest BCUT2D eigenvalue weighted by Gasteiger charge is 2.23. The van der Waals surface area contributed by atoms with Crippen molar-refractivity contribution in [1.29, 1.82) is 5.26 Å². The standard InChI is InChI=1S/C27H29F2N3O/c28-24-7-5-21(26(29)16-24)6-10-27(33)31-25-8-2-19(3-9-25)11-13-32-14-12-22-15-20(17-30)1-4-23(22)18-32/h1,4-7,10,15-16,19,25H,2-3,8-9,11-14,18H2,(H,31,33)/b10-6+/t19-,25-. The van der Waals surface area contributed by atoms with Crippen molar-refractivity contribution < 1.29 is 13.6 Å². The van der Waals surface area contributed by atoms with Crippen LogP contribution in [0.5, 0.6) is 0 Å². The number of nitrogens with one attached hydrogen (secondary N) is 1. The van der Waals surface area contributed by atoms with Gasteiger partial charge in [-0.1, -0.05) is 6.07 Å². The van der Waals surface area contributed by atoms with Crippen LogP contribution in [0.4, 0.5) is 8.78 Å². The number of hydrogen-bond acceptors (Lipinski definition) is 3. The highest BCUT2D eigenvalue weighted by molar-refractivity contribution is 5.91. The van der Waals surface area contributed by atoms with Crippen LogP contribution in [0.15, 0.2) is 42.5 Å². The third-order valence-electron chi connectivity index (χ3n) is 6.85. The summed E-state index contributed by atoms with van der Waals surface area (Å²) in [5, 5.41) is 12.1. The van der Waals surface area contributed by atoms with E-state index in [9.17, 15) is 13.6 Å². The summed E-state index contributed by atoms with van der Waals surface area (Å²) in [6.45, 7) is 3.06. The van der Waals surface area contributed by atoms with Crippen molar-refractivity contribution in [2.75, 3.05) is 13.1 Å². The van der Waals surface area contributed by atoms with Gasteiger partial charge < -0.3 is 5.32 Å². The van der Waals surface area contributed by atoms with E-state index in [-0.39, 0.29) is 17.5 Å². The van der Waals surface area contributed by atoms with Gasteiger partial charge in [0.25, 0.3) is 0 Å². The van der Waals surface area contributed by atoms with Gasteiger partial charge in [-0.3, -0.25) is 9.69 Å². The van der Waals surface area contributed by atoms with Crippen molar-refractivity contribution in [3.63, 3.8) is 0 Å². The molecule has 33 heavy (non-hydrogen) atoms. The zero-order valence-electron chi connectivity index (χ0n) is 18.7. The lowest BCUT2D eigenvalue weighted by molar-refractivity contribution is -0.117. The highest BCUT2D eigenvalue weighted by Crippen LogP contribution is 2.28. The molecule has 2 aromatic rings. The lowest BCUT2D eigenvalue weighted by Crippen LogP contribution is -2.37. The summed E-state index contributed by atoms with van der Waals surface area (Å²) in [5.41, 5.74) is 3.57. The van der Waals surface area contributed by atoms with Crippen LogP contribution in [-0.2, 0) is 17.8 Å². The molecular weight excluding hydrogens is 420 g/mol. The molecule has 172 valence electrons. The number of benzene rings is 2. The second-order valence-corrected chi connectivity index (χ2v) is 9.14. The molecule has 2 aromatic carbocycles. The quantitative estimate of drug-likeness (QED) is 0.634. The number of carbonyl (C=O) groups is 1. The van der Waals surface area contributed by atoms with Gasteiger partial charge in [0.2, 0.25) is 5.91 Å². The number of halogens is 2. The Labute approximate surface area is 193 Å². The molecular formula is C27H29F2N3O. The predicted molar refractivity (Wildman–Crippen MR) is 124 cm³/mol. The molecule has 0 atom stereocenters. The second kappa shape index (κ2) is 10.7. The Kier molecular flexibility index (Phi) is 7.51. The van der Waals surface area contributed by atoms with Gasteiger partial charge in [0, 0.05) is 36.8 Å². The molecule has 1 fully saturated rings. The molecule has 0 unspecified atom stereocenters. The van der Waals surface area contributed by atoms with Crippen molar-refractivity contribution in [3.05, 3.63) is 76.4 Å². The van der Waals surface area contributed by atoms with E-state index in [2.05, 4.69) is 22.4 Å². The number of carbonyl (C=O) groups excluding carboxylic acids is 1. The molecule has 0 spiro atoms. The summed E-state index contributed by atoms with van der Waals surface area (Å²) in [6, 6.07) is 11.7. The Morgan fingerprint density at radius 1 is 1.12 bits per heavy atom. The second-order valence-electron chi connectivity index (χ2n) is 9.14. The molecule has 1 heterocycles. The number of nitriles is 1. The molecule has 6 heteroatoms. The summed E-state index contributed by atoms with van der Waals surface area (Å²) in [7, 11) is 0. The van der Waals surface area contributed by atoms with E-state index in [1.165, 1.54) is 35.4 Å². The lowest BCUT2D eigenvalue weighted by Gasteiger charge is -2.33. The molecule has 1 amide bonds. The van der Waals surface area contributed by atoms with E-state index in [4.69, 9.17) is 5.26 Å². The first-order valence-corrected chi connectivity index (χ1v) is 11.7. The maximum atomic E-state index is 13.7. The lowest BCUT2D eigenvalue weighted by atomic mass is 9.84. The minimum atomic E-state index is -0.677. The first kappa shape index (κ1) is 23.1. The molecule has 1 saturated carbocycles. The van der Waals surface area contributed by atoms with Crippen LogP contribution >= 0.6 is 0 Å². The zero-order valence-corrected chi connectivity index (χ0v) is 18.7. The molecule has 1 N–H and O–H groups in total. The first-order chi connectivity index (χ1) is 16.0. The molecule has 1 aliphatic carbocycles. The number of hydrogen-bond donors (Lipinski definition) is 1. The van der Waals surface area contributed by atoms with E-state index in [0.29, 0.717) is 5.92 Å². The topological polar surface area (TPSA) is 56.1 Å². The molecule has 0 radical (unpaired) electrons. The number of fused-ring (bicyclic) bond motifs is 1. The Hall–Kier alpha value is -3.04. The summed E-state index contributed by atoms with van der Waals surface area (Å²) in [5.74, 6) is -0.882. The SMILES string of the molecule is N#Cc1ccc2c(c1)CCN(CC[C@H]1CC[C@H](NC(=O)/C=C/c3ccc(F)cc3F)CC1)C2. The average molecular weight is 450 g/mol. The third kappa shape index (κ3) is 6.27. The van der Waals surface area contributed by atoms with E-state index in [1.54, 1.807) is 0 Å². The highest BCUT2D eigenvalue weighted by atomic mass is 19.1. The van der Waals surface area contributed by atoms with Crippen LogP contribution in [0, 0.1) is 28.9 Å². The Morgan fingerprint density at radius 2 is 1.94 bits per heavy atom. The van der Waals surface area contributed by atoms with Crippen molar-refractivity contribution in [1.82, 2.24) is 10.2 Å². The van der Waals surface area contributed by atoms with Crippen LogP contribution in [0.25, 0.3) is 6.08 Å². The average Bonchev–Trinajstić information content (AvgIpc) is 2.82. The van der Waals surface area contributed by atoms with Crippen LogP contribution in [0.1, 0.15) is 54.4 Å². The maximum Gasteiger partial charge on any atom is 0.244 e. The van der Waals surface area contributed by atoms with Crippen LogP contribution in [0.3, 0.4) is 0 Å². The summed E-state index contributed by atoms with van der Waals surface area (Å²) < 4.78 is 26.7. The summed E-state index contributed by atoms with van der Waals surface area (Å²) in [6.07, 6.45) is 8.96. The minimum Gasteiger partial charge on any atom is -0.350 e. The fourth-order valence-corrected chi connectivity index (χ4v) is 4.88. The van der Waals surface area contributed by atoms with E-state index >= 15 is 0 Å². The number of nitrogens with zero attached hydrogens (tertiary/aromatic N) is 2. The van der Waals surface area contributed by atoms with E-state index in [1.807, 2.05) is 12.1 Å². The fraction of sp³-hybridized carbons (Fsp3) is 0.407. The molecule has 2 aliphatic rings. The number of amides is 1. The Morgan fingerprint density at radius 3 is 2.70 bits per heavy atom. The minimum absolute atomic E-state index is 0.146. The van der Waals surface area contributed by atoms with Crippen molar-refractivity contribution in [2.45, 2.75) is 51.1 Å². The van der Waals surface area contributed by atoms with Gasteiger partial charge in [-0.05, 0) is 92.5 Å². The summed E-state index contributed by atoms with van der Waals surface area (Å²) >= 11 is 0.